The van der Waals surface area contributed by atoms with E-state index in [2.05, 4.69) is 4.98 Å². The number of aromatic nitrogens is 3. The molecule has 2 aromatic heterocycles. The molecule has 2 heterocycles. The highest BCUT2D eigenvalue weighted by molar-refractivity contribution is 5.96. The van der Waals surface area contributed by atoms with E-state index < -0.39 is 11.2 Å². The third kappa shape index (κ3) is 4.52. The Labute approximate surface area is 197 Å². The summed E-state index contributed by atoms with van der Waals surface area (Å²) >= 11 is 0. The Bertz CT molecular complexity index is 1430. The highest BCUT2D eigenvalue weighted by atomic mass is 16.2. The molecule has 8 heteroatoms. The molecule has 176 valence electrons. The van der Waals surface area contributed by atoms with Gasteiger partial charge in [0.25, 0.3) is 5.56 Å². The lowest BCUT2D eigenvalue weighted by Crippen LogP contribution is -2.42. The first-order valence-corrected chi connectivity index (χ1v) is 11.4. The smallest absolute Gasteiger partial charge is 0.330 e. The summed E-state index contributed by atoms with van der Waals surface area (Å²) in [6.45, 7) is 4.49. The SMILES string of the molecule is CCCCn1c(N)c(N(Cc2ccccc2)C(=O)Cn2c(C)cc3ccccc32)c(=O)[nH]c1=O. The number of nitrogen functional groups attached to an aromatic ring is 1. The number of rotatable bonds is 8. The number of para-hydroxylation sites is 1. The molecule has 1 amide bonds. The van der Waals surface area contributed by atoms with E-state index in [1.54, 1.807) is 0 Å². The van der Waals surface area contributed by atoms with Crippen LogP contribution in [0.3, 0.4) is 0 Å². The van der Waals surface area contributed by atoms with E-state index >= 15 is 0 Å². The largest absolute Gasteiger partial charge is 0.383 e. The first-order valence-electron chi connectivity index (χ1n) is 11.4. The average Bonchev–Trinajstić information content (AvgIpc) is 3.13. The van der Waals surface area contributed by atoms with E-state index in [1.807, 2.05) is 79.1 Å². The van der Waals surface area contributed by atoms with Crippen LogP contribution in [0, 0.1) is 6.92 Å². The van der Waals surface area contributed by atoms with E-state index in [0.717, 1.165) is 35.0 Å². The first-order chi connectivity index (χ1) is 16.4. The second-order valence-electron chi connectivity index (χ2n) is 8.39. The molecular weight excluding hydrogens is 430 g/mol. The van der Waals surface area contributed by atoms with Gasteiger partial charge in [-0.2, -0.15) is 0 Å². The molecule has 0 unspecified atom stereocenters. The van der Waals surface area contributed by atoms with Crippen molar-refractivity contribution < 1.29 is 4.79 Å². The Morgan fingerprint density at radius 3 is 2.47 bits per heavy atom. The van der Waals surface area contributed by atoms with Crippen LogP contribution in [0.4, 0.5) is 11.5 Å². The molecule has 0 saturated carbocycles. The quantitative estimate of drug-likeness (QED) is 0.421. The van der Waals surface area contributed by atoms with E-state index in [0.29, 0.717) is 6.54 Å². The van der Waals surface area contributed by atoms with E-state index in [-0.39, 0.29) is 30.5 Å². The number of hydrogen-bond acceptors (Lipinski definition) is 4. The monoisotopic (exact) mass is 459 g/mol. The van der Waals surface area contributed by atoms with Crippen LogP contribution in [-0.4, -0.2) is 20.0 Å². The number of aryl methyl sites for hydroxylation is 1. The Balaban J connectivity index is 1.80. The second kappa shape index (κ2) is 9.82. The summed E-state index contributed by atoms with van der Waals surface area (Å²) in [5, 5.41) is 1.04. The lowest BCUT2D eigenvalue weighted by Gasteiger charge is -2.25. The van der Waals surface area contributed by atoms with E-state index in [4.69, 9.17) is 5.73 Å². The zero-order chi connectivity index (χ0) is 24.2. The number of carbonyl (C=O) groups excluding carboxylic acids is 1. The summed E-state index contributed by atoms with van der Waals surface area (Å²) in [5.41, 5.74) is 7.82. The van der Waals surface area contributed by atoms with Gasteiger partial charge < -0.3 is 10.3 Å². The Hall–Kier alpha value is -4.07. The van der Waals surface area contributed by atoms with Gasteiger partial charge in [0.2, 0.25) is 5.91 Å². The van der Waals surface area contributed by atoms with Gasteiger partial charge in [-0.25, -0.2) is 4.79 Å². The number of carbonyl (C=O) groups is 1. The van der Waals surface area contributed by atoms with Gasteiger partial charge in [0.1, 0.15) is 12.4 Å². The van der Waals surface area contributed by atoms with Gasteiger partial charge in [-0.15, -0.1) is 0 Å². The topological polar surface area (TPSA) is 106 Å². The number of H-pyrrole nitrogens is 1. The van der Waals surface area contributed by atoms with Crippen molar-refractivity contribution in [1.29, 1.82) is 0 Å². The predicted molar refractivity (Wildman–Crippen MR) is 135 cm³/mol. The van der Waals surface area contributed by atoms with Gasteiger partial charge in [0.15, 0.2) is 5.69 Å². The molecule has 0 bridgehead atoms. The highest BCUT2D eigenvalue weighted by Gasteiger charge is 2.25. The molecule has 0 atom stereocenters. The number of nitrogens with zero attached hydrogens (tertiary/aromatic N) is 3. The van der Waals surface area contributed by atoms with Crippen molar-refractivity contribution in [2.45, 2.75) is 46.3 Å². The summed E-state index contributed by atoms with van der Waals surface area (Å²) in [6, 6.07) is 19.3. The molecule has 0 radical (unpaired) electrons. The molecule has 4 aromatic rings. The molecular formula is C26H29N5O3. The molecule has 0 aliphatic rings. The summed E-state index contributed by atoms with van der Waals surface area (Å²) in [7, 11) is 0. The maximum absolute atomic E-state index is 13.7. The maximum atomic E-state index is 13.7. The first kappa shape index (κ1) is 23.1. The minimum atomic E-state index is -0.673. The zero-order valence-corrected chi connectivity index (χ0v) is 19.5. The van der Waals surface area contributed by atoms with Gasteiger partial charge in [-0.05, 0) is 36.4 Å². The molecule has 4 rings (SSSR count). The number of anilines is 2. The number of nitrogens with one attached hydrogen (secondary N) is 1. The van der Waals surface area contributed by atoms with Crippen LogP contribution >= 0.6 is 0 Å². The molecule has 0 aliphatic heterocycles. The Kier molecular flexibility index (Phi) is 6.67. The van der Waals surface area contributed by atoms with Crippen LogP contribution < -0.4 is 21.9 Å². The minimum Gasteiger partial charge on any atom is -0.383 e. The van der Waals surface area contributed by atoms with Crippen LogP contribution in [-0.2, 0) is 24.4 Å². The van der Waals surface area contributed by atoms with Gasteiger partial charge in [0, 0.05) is 17.8 Å². The molecule has 3 N–H and O–H groups in total. The van der Waals surface area contributed by atoms with Crippen LogP contribution in [0.15, 0.2) is 70.3 Å². The molecule has 0 saturated heterocycles. The van der Waals surface area contributed by atoms with Crippen molar-refractivity contribution in [1.82, 2.24) is 14.1 Å². The lowest BCUT2D eigenvalue weighted by atomic mass is 10.2. The molecule has 34 heavy (non-hydrogen) atoms. The van der Waals surface area contributed by atoms with Crippen molar-refractivity contribution in [3.63, 3.8) is 0 Å². The number of benzene rings is 2. The maximum Gasteiger partial charge on any atom is 0.330 e. The number of amides is 1. The summed E-state index contributed by atoms with van der Waals surface area (Å²) in [6.07, 6.45) is 1.57. The summed E-state index contributed by atoms with van der Waals surface area (Å²) in [4.78, 5) is 42.9. The second-order valence-corrected chi connectivity index (χ2v) is 8.39. The number of aromatic amines is 1. The van der Waals surface area contributed by atoms with Crippen molar-refractivity contribution in [2.75, 3.05) is 10.6 Å². The normalized spacial score (nSPS) is 11.1. The van der Waals surface area contributed by atoms with Crippen LogP contribution in [0.5, 0.6) is 0 Å². The molecule has 0 fully saturated rings. The number of fused-ring (bicyclic) bond motifs is 1. The third-order valence-electron chi connectivity index (χ3n) is 6.01. The fraction of sp³-hybridized carbons (Fsp3) is 0.269. The van der Waals surface area contributed by atoms with Crippen molar-refractivity contribution >= 4 is 28.3 Å². The van der Waals surface area contributed by atoms with Crippen molar-refractivity contribution in [2.24, 2.45) is 0 Å². The van der Waals surface area contributed by atoms with Gasteiger partial charge in [-0.3, -0.25) is 24.0 Å². The number of nitrogens with two attached hydrogens (primary N) is 1. The van der Waals surface area contributed by atoms with Crippen LogP contribution in [0.1, 0.15) is 31.0 Å². The van der Waals surface area contributed by atoms with Crippen LogP contribution in [0.2, 0.25) is 0 Å². The Morgan fingerprint density at radius 2 is 1.74 bits per heavy atom. The van der Waals surface area contributed by atoms with Gasteiger partial charge in [0.05, 0.1) is 6.54 Å². The zero-order valence-electron chi connectivity index (χ0n) is 19.5. The summed E-state index contributed by atoms with van der Waals surface area (Å²) < 4.78 is 3.26. The van der Waals surface area contributed by atoms with Crippen molar-refractivity contribution in [3.8, 4) is 0 Å². The lowest BCUT2D eigenvalue weighted by molar-refractivity contribution is -0.119. The number of hydrogen-bond donors (Lipinski definition) is 2. The number of unbranched alkanes of at least 4 members (excludes halogenated alkanes) is 1. The van der Waals surface area contributed by atoms with Crippen LogP contribution in [0.25, 0.3) is 10.9 Å². The highest BCUT2D eigenvalue weighted by Crippen LogP contribution is 2.23. The van der Waals surface area contributed by atoms with Crippen molar-refractivity contribution in [3.05, 3.63) is 92.8 Å². The average molecular weight is 460 g/mol. The molecule has 0 spiro atoms. The van der Waals surface area contributed by atoms with E-state index in [9.17, 15) is 14.4 Å². The molecule has 8 nitrogen and oxygen atoms in total. The Morgan fingerprint density at radius 1 is 1.03 bits per heavy atom. The molecule has 2 aromatic carbocycles. The fourth-order valence-electron chi connectivity index (χ4n) is 4.21. The van der Waals surface area contributed by atoms with Gasteiger partial charge >= 0.3 is 5.69 Å². The van der Waals surface area contributed by atoms with E-state index in [1.165, 1.54) is 9.47 Å². The molecule has 0 aliphatic carbocycles. The third-order valence-corrected chi connectivity index (χ3v) is 6.01. The van der Waals surface area contributed by atoms with Gasteiger partial charge in [-0.1, -0.05) is 61.9 Å². The predicted octanol–water partition coefficient (Wildman–Crippen LogP) is 3.42. The fourth-order valence-corrected chi connectivity index (χ4v) is 4.21. The standard InChI is InChI=1S/C26H29N5O3/c1-3-4-14-29-24(27)23(25(33)28-26(29)34)31(16-19-10-6-5-7-11-19)22(32)17-30-18(2)15-20-12-8-9-13-21(20)30/h5-13,15H,3-4,14,16-17,27H2,1-2H3,(H,28,33,34). The summed E-state index contributed by atoms with van der Waals surface area (Å²) in [5.74, 6) is -0.299. The minimum absolute atomic E-state index is 0.000525.